The molecule has 2 aromatic carbocycles. The zero-order chi connectivity index (χ0) is 14.7. The molecular weight excluding hydrogens is 262 g/mol. The average Bonchev–Trinajstić information content (AvgIpc) is 3.00. The molecule has 0 fully saturated rings. The van der Waals surface area contributed by atoms with Crippen LogP contribution in [0.2, 0.25) is 0 Å². The van der Waals surface area contributed by atoms with Gasteiger partial charge in [0.15, 0.2) is 0 Å². The standard InChI is InChI=1S/C18H21NO2/c1-20-17-8-3-2-7-16(17)18(12-19)21-15-10-9-13-5-4-6-14(13)11-15/h2-3,7-11,18H,4-6,12,19H2,1H3. The van der Waals surface area contributed by atoms with Gasteiger partial charge >= 0.3 is 0 Å². The SMILES string of the molecule is COc1ccccc1C(CN)Oc1ccc2c(c1)CCC2. The number of aryl methyl sites for hydroxylation is 2. The Bertz CT molecular complexity index is 624. The molecule has 1 unspecified atom stereocenters. The van der Waals surface area contributed by atoms with Crippen LogP contribution in [0, 0.1) is 0 Å². The molecule has 0 saturated heterocycles. The summed E-state index contributed by atoms with van der Waals surface area (Å²) in [6, 6.07) is 14.2. The number of methoxy groups -OCH3 is 1. The van der Waals surface area contributed by atoms with Crippen molar-refractivity contribution in [2.45, 2.75) is 25.4 Å². The minimum Gasteiger partial charge on any atom is -0.496 e. The van der Waals surface area contributed by atoms with E-state index in [1.54, 1.807) is 7.11 Å². The topological polar surface area (TPSA) is 44.5 Å². The van der Waals surface area contributed by atoms with Crippen LogP contribution in [0.1, 0.15) is 29.2 Å². The van der Waals surface area contributed by atoms with Crippen LogP contribution < -0.4 is 15.2 Å². The molecule has 3 heteroatoms. The number of nitrogens with two attached hydrogens (primary N) is 1. The van der Waals surface area contributed by atoms with E-state index in [1.807, 2.05) is 30.3 Å². The van der Waals surface area contributed by atoms with Gasteiger partial charge in [-0.2, -0.15) is 0 Å². The highest BCUT2D eigenvalue weighted by Gasteiger charge is 2.17. The Morgan fingerprint density at radius 1 is 1.10 bits per heavy atom. The van der Waals surface area contributed by atoms with Crippen LogP contribution in [0.4, 0.5) is 0 Å². The molecule has 2 N–H and O–H groups in total. The van der Waals surface area contributed by atoms with Crippen LogP contribution in [0.5, 0.6) is 11.5 Å². The first kappa shape index (κ1) is 14.0. The summed E-state index contributed by atoms with van der Waals surface area (Å²) in [6.45, 7) is 0.414. The predicted octanol–water partition coefficient (Wildman–Crippen LogP) is 3.26. The predicted molar refractivity (Wildman–Crippen MR) is 83.9 cm³/mol. The third-order valence-corrected chi connectivity index (χ3v) is 4.05. The van der Waals surface area contributed by atoms with Gasteiger partial charge in [0.25, 0.3) is 0 Å². The smallest absolute Gasteiger partial charge is 0.139 e. The summed E-state index contributed by atoms with van der Waals surface area (Å²) in [5, 5.41) is 0. The maximum atomic E-state index is 6.11. The van der Waals surface area contributed by atoms with Gasteiger partial charge in [-0.3, -0.25) is 0 Å². The number of para-hydroxylation sites is 1. The molecule has 0 spiro atoms. The van der Waals surface area contributed by atoms with Gasteiger partial charge in [0.1, 0.15) is 17.6 Å². The fourth-order valence-corrected chi connectivity index (χ4v) is 2.96. The van der Waals surface area contributed by atoms with Crippen LogP contribution in [-0.2, 0) is 12.8 Å². The van der Waals surface area contributed by atoms with E-state index in [-0.39, 0.29) is 6.10 Å². The molecule has 21 heavy (non-hydrogen) atoms. The number of ether oxygens (including phenoxy) is 2. The van der Waals surface area contributed by atoms with Crippen molar-refractivity contribution in [3.05, 3.63) is 59.2 Å². The third-order valence-electron chi connectivity index (χ3n) is 4.05. The van der Waals surface area contributed by atoms with E-state index in [4.69, 9.17) is 15.2 Å². The Balaban J connectivity index is 1.84. The summed E-state index contributed by atoms with van der Waals surface area (Å²) < 4.78 is 11.5. The van der Waals surface area contributed by atoms with Crippen LogP contribution >= 0.6 is 0 Å². The highest BCUT2D eigenvalue weighted by molar-refractivity contribution is 5.40. The second-order valence-corrected chi connectivity index (χ2v) is 5.37. The lowest BCUT2D eigenvalue weighted by Gasteiger charge is -2.20. The summed E-state index contributed by atoms with van der Waals surface area (Å²) in [6.07, 6.45) is 3.38. The Morgan fingerprint density at radius 3 is 2.71 bits per heavy atom. The van der Waals surface area contributed by atoms with E-state index >= 15 is 0 Å². The van der Waals surface area contributed by atoms with Crippen molar-refractivity contribution in [3.63, 3.8) is 0 Å². The molecule has 1 atom stereocenters. The van der Waals surface area contributed by atoms with Gasteiger partial charge in [-0.15, -0.1) is 0 Å². The molecule has 110 valence electrons. The summed E-state index contributed by atoms with van der Waals surface area (Å²) in [5.41, 5.74) is 9.75. The van der Waals surface area contributed by atoms with Crippen molar-refractivity contribution in [1.82, 2.24) is 0 Å². The van der Waals surface area contributed by atoms with Crippen LogP contribution in [0.3, 0.4) is 0 Å². The van der Waals surface area contributed by atoms with E-state index in [0.717, 1.165) is 23.5 Å². The van der Waals surface area contributed by atoms with E-state index in [0.29, 0.717) is 6.54 Å². The number of rotatable bonds is 5. The van der Waals surface area contributed by atoms with E-state index in [2.05, 4.69) is 12.1 Å². The Labute approximate surface area is 125 Å². The van der Waals surface area contributed by atoms with Crippen molar-refractivity contribution in [3.8, 4) is 11.5 Å². The molecule has 0 aromatic heterocycles. The minimum absolute atomic E-state index is 0.194. The number of fused-ring (bicyclic) bond motifs is 1. The normalized spacial score (nSPS) is 14.6. The van der Waals surface area contributed by atoms with Crippen LogP contribution in [-0.4, -0.2) is 13.7 Å². The number of hydrogen-bond acceptors (Lipinski definition) is 3. The lowest BCUT2D eigenvalue weighted by Crippen LogP contribution is -2.19. The first-order chi connectivity index (χ1) is 10.3. The molecular formula is C18H21NO2. The van der Waals surface area contributed by atoms with Crippen molar-refractivity contribution in [1.29, 1.82) is 0 Å². The molecule has 0 saturated carbocycles. The third kappa shape index (κ3) is 2.88. The fraction of sp³-hybridized carbons (Fsp3) is 0.333. The molecule has 0 amide bonds. The van der Waals surface area contributed by atoms with Crippen molar-refractivity contribution < 1.29 is 9.47 Å². The average molecular weight is 283 g/mol. The van der Waals surface area contributed by atoms with Gasteiger partial charge < -0.3 is 15.2 Å². The molecule has 0 heterocycles. The molecule has 2 aromatic rings. The van der Waals surface area contributed by atoms with Crippen molar-refractivity contribution in [2.75, 3.05) is 13.7 Å². The highest BCUT2D eigenvalue weighted by atomic mass is 16.5. The quantitative estimate of drug-likeness (QED) is 0.916. The van der Waals surface area contributed by atoms with Gasteiger partial charge in [-0.1, -0.05) is 24.3 Å². The second-order valence-electron chi connectivity index (χ2n) is 5.37. The molecule has 0 aliphatic heterocycles. The maximum absolute atomic E-state index is 6.11. The monoisotopic (exact) mass is 283 g/mol. The summed E-state index contributed by atoms with van der Waals surface area (Å²) in [7, 11) is 1.67. The van der Waals surface area contributed by atoms with Gasteiger partial charge in [0.05, 0.1) is 7.11 Å². The lowest BCUT2D eigenvalue weighted by molar-refractivity contribution is 0.208. The van der Waals surface area contributed by atoms with Gasteiger partial charge in [-0.05, 0) is 48.6 Å². The van der Waals surface area contributed by atoms with E-state index < -0.39 is 0 Å². The van der Waals surface area contributed by atoms with E-state index in [1.165, 1.54) is 24.0 Å². The molecule has 1 aliphatic carbocycles. The van der Waals surface area contributed by atoms with E-state index in [9.17, 15) is 0 Å². The first-order valence-electron chi connectivity index (χ1n) is 7.43. The molecule has 3 rings (SSSR count). The van der Waals surface area contributed by atoms with Gasteiger partial charge in [0.2, 0.25) is 0 Å². The Hall–Kier alpha value is -2.00. The van der Waals surface area contributed by atoms with Gasteiger partial charge in [0, 0.05) is 12.1 Å². The van der Waals surface area contributed by atoms with Crippen LogP contribution in [0.25, 0.3) is 0 Å². The zero-order valence-corrected chi connectivity index (χ0v) is 12.3. The Morgan fingerprint density at radius 2 is 1.90 bits per heavy atom. The number of benzene rings is 2. The molecule has 0 radical (unpaired) electrons. The summed E-state index contributed by atoms with van der Waals surface area (Å²) >= 11 is 0. The highest BCUT2D eigenvalue weighted by Crippen LogP contribution is 2.31. The van der Waals surface area contributed by atoms with Crippen molar-refractivity contribution in [2.24, 2.45) is 5.73 Å². The van der Waals surface area contributed by atoms with Crippen molar-refractivity contribution >= 4 is 0 Å². The van der Waals surface area contributed by atoms with Gasteiger partial charge in [-0.25, -0.2) is 0 Å². The maximum Gasteiger partial charge on any atom is 0.139 e. The summed E-state index contributed by atoms with van der Waals surface area (Å²) in [5.74, 6) is 1.70. The molecule has 3 nitrogen and oxygen atoms in total. The minimum atomic E-state index is -0.194. The molecule has 0 bridgehead atoms. The largest absolute Gasteiger partial charge is 0.496 e. The van der Waals surface area contributed by atoms with Crippen LogP contribution in [0.15, 0.2) is 42.5 Å². The summed E-state index contributed by atoms with van der Waals surface area (Å²) in [4.78, 5) is 0. The Kier molecular flexibility index (Phi) is 4.11. The second kappa shape index (κ2) is 6.19. The number of hydrogen-bond donors (Lipinski definition) is 1. The fourth-order valence-electron chi connectivity index (χ4n) is 2.96. The first-order valence-corrected chi connectivity index (χ1v) is 7.43. The zero-order valence-electron chi connectivity index (χ0n) is 12.3. The molecule has 1 aliphatic rings. The lowest BCUT2D eigenvalue weighted by atomic mass is 10.1.